The van der Waals surface area contributed by atoms with Crippen molar-refractivity contribution in [3.05, 3.63) is 35.9 Å². The van der Waals surface area contributed by atoms with Gasteiger partial charge in [0.15, 0.2) is 0 Å². The minimum atomic E-state index is -0.606. The maximum absolute atomic E-state index is 12.0. The number of carbonyl (C=O) groups excluding carboxylic acids is 1. The molecule has 0 bridgehead atoms. The lowest BCUT2D eigenvalue weighted by Crippen LogP contribution is -2.42. The van der Waals surface area contributed by atoms with Crippen LogP contribution < -0.4 is 21.7 Å². The Hall–Kier alpha value is -1.43. The predicted molar refractivity (Wildman–Crippen MR) is 82.4 cm³/mol. The molecule has 0 aliphatic rings. The van der Waals surface area contributed by atoms with E-state index in [0.29, 0.717) is 6.54 Å². The number of nitrogens with one attached hydrogen (secondary N) is 3. The van der Waals surface area contributed by atoms with Gasteiger partial charge in [0.2, 0.25) is 5.91 Å². The summed E-state index contributed by atoms with van der Waals surface area (Å²) in [5.74, 6) is -0.134. The van der Waals surface area contributed by atoms with Crippen molar-refractivity contribution in [1.82, 2.24) is 16.0 Å². The van der Waals surface area contributed by atoms with E-state index in [1.807, 2.05) is 44.4 Å². The molecule has 0 aromatic heterocycles. The average Bonchev–Trinajstić information content (AvgIpc) is 2.50. The van der Waals surface area contributed by atoms with Gasteiger partial charge in [-0.05, 0) is 39.0 Å². The van der Waals surface area contributed by atoms with Crippen molar-refractivity contribution < 1.29 is 4.79 Å². The molecule has 0 aliphatic heterocycles. The Balaban J connectivity index is 2.37. The molecule has 0 radical (unpaired) electrons. The van der Waals surface area contributed by atoms with Crippen molar-refractivity contribution in [3.8, 4) is 0 Å². The topological polar surface area (TPSA) is 79.2 Å². The molecule has 1 amide bonds. The quantitative estimate of drug-likeness (QED) is 0.493. The van der Waals surface area contributed by atoms with Crippen LogP contribution in [0.1, 0.15) is 24.4 Å². The van der Waals surface area contributed by atoms with E-state index >= 15 is 0 Å². The van der Waals surface area contributed by atoms with E-state index in [4.69, 9.17) is 5.73 Å². The van der Waals surface area contributed by atoms with Gasteiger partial charge in [-0.1, -0.05) is 30.3 Å². The first-order valence-electron chi connectivity index (χ1n) is 7.09. The van der Waals surface area contributed by atoms with Crippen molar-refractivity contribution in [3.63, 3.8) is 0 Å². The van der Waals surface area contributed by atoms with Crippen LogP contribution in [0.2, 0.25) is 0 Å². The van der Waals surface area contributed by atoms with Gasteiger partial charge in [-0.25, -0.2) is 0 Å². The molecule has 2 atom stereocenters. The van der Waals surface area contributed by atoms with Crippen molar-refractivity contribution in [2.45, 2.75) is 24.9 Å². The second-order valence-corrected chi connectivity index (χ2v) is 4.86. The molecule has 20 heavy (non-hydrogen) atoms. The van der Waals surface area contributed by atoms with E-state index < -0.39 is 6.04 Å². The first-order chi connectivity index (χ1) is 9.69. The summed E-state index contributed by atoms with van der Waals surface area (Å²) in [6.45, 7) is 1.58. The van der Waals surface area contributed by atoms with Gasteiger partial charge >= 0.3 is 0 Å². The standard InChI is InChI=1S/C15H26N4O/c1-17-10-6-9-13(18-2)11-19-15(20)14(16)12-7-4-3-5-8-12/h3-5,7-8,13-14,17-18H,6,9-11,16H2,1-2H3,(H,19,20)/t13-,14-/m0/s1. The van der Waals surface area contributed by atoms with Crippen LogP contribution in [-0.2, 0) is 4.79 Å². The number of rotatable bonds is 9. The Morgan fingerprint density at radius 1 is 1.25 bits per heavy atom. The second kappa shape index (κ2) is 9.47. The lowest BCUT2D eigenvalue weighted by atomic mass is 10.1. The molecule has 0 spiro atoms. The molecule has 1 aromatic rings. The fourth-order valence-corrected chi connectivity index (χ4v) is 2.02. The van der Waals surface area contributed by atoms with Gasteiger partial charge in [0.25, 0.3) is 0 Å². The number of benzene rings is 1. The molecule has 5 N–H and O–H groups in total. The molecular weight excluding hydrogens is 252 g/mol. The van der Waals surface area contributed by atoms with Gasteiger partial charge < -0.3 is 21.7 Å². The summed E-state index contributed by atoms with van der Waals surface area (Å²) < 4.78 is 0. The van der Waals surface area contributed by atoms with E-state index in [-0.39, 0.29) is 11.9 Å². The zero-order valence-corrected chi connectivity index (χ0v) is 12.4. The number of amides is 1. The Bertz CT molecular complexity index is 383. The Kier molecular flexibility index (Phi) is 7.87. The van der Waals surface area contributed by atoms with Crippen molar-refractivity contribution in [2.24, 2.45) is 5.73 Å². The van der Waals surface area contributed by atoms with E-state index in [0.717, 1.165) is 24.9 Å². The third-order valence-electron chi connectivity index (χ3n) is 3.35. The van der Waals surface area contributed by atoms with Crippen LogP contribution in [0.15, 0.2) is 30.3 Å². The molecule has 0 heterocycles. The molecule has 0 aliphatic carbocycles. The van der Waals surface area contributed by atoms with Gasteiger partial charge in [0.1, 0.15) is 6.04 Å². The van der Waals surface area contributed by atoms with Crippen molar-refractivity contribution in [1.29, 1.82) is 0 Å². The summed E-state index contributed by atoms with van der Waals surface area (Å²) in [6.07, 6.45) is 2.08. The fourth-order valence-electron chi connectivity index (χ4n) is 2.02. The molecule has 1 rings (SSSR count). The van der Waals surface area contributed by atoms with Crippen LogP contribution >= 0.6 is 0 Å². The summed E-state index contributed by atoms with van der Waals surface area (Å²) in [5.41, 5.74) is 6.78. The monoisotopic (exact) mass is 278 g/mol. The second-order valence-electron chi connectivity index (χ2n) is 4.86. The molecule has 0 fully saturated rings. The Morgan fingerprint density at radius 3 is 2.55 bits per heavy atom. The van der Waals surface area contributed by atoms with Crippen molar-refractivity contribution in [2.75, 3.05) is 27.2 Å². The smallest absolute Gasteiger partial charge is 0.241 e. The number of hydrogen-bond donors (Lipinski definition) is 4. The summed E-state index contributed by atoms with van der Waals surface area (Å²) in [4.78, 5) is 12.0. The zero-order valence-electron chi connectivity index (χ0n) is 12.4. The Labute approximate surface area is 121 Å². The third-order valence-corrected chi connectivity index (χ3v) is 3.35. The first-order valence-corrected chi connectivity index (χ1v) is 7.09. The molecule has 1 aromatic carbocycles. The summed E-state index contributed by atoms with van der Waals surface area (Å²) >= 11 is 0. The average molecular weight is 278 g/mol. The SMILES string of the molecule is CNCCC[C@@H](CNC(=O)[C@@H](N)c1ccccc1)NC. The normalized spacial score (nSPS) is 13.8. The van der Waals surface area contributed by atoms with Gasteiger partial charge in [-0.2, -0.15) is 0 Å². The van der Waals surface area contributed by atoms with Crippen LogP contribution in [0, 0.1) is 0 Å². The van der Waals surface area contributed by atoms with Crippen LogP contribution in [-0.4, -0.2) is 39.1 Å². The fraction of sp³-hybridized carbons (Fsp3) is 0.533. The zero-order chi connectivity index (χ0) is 14.8. The molecular formula is C15H26N4O. The minimum absolute atomic E-state index is 0.134. The highest BCUT2D eigenvalue weighted by Crippen LogP contribution is 2.09. The summed E-state index contributed by atoms with van der Waals surface area (Å²) in [7, 11) is 3.85. The number of nitrogens with two attached hydrogens (primary N) is 1. The van der Waals surface area contributed by atoms with Crippen LogP contribution in [0.4, 0.5) is 0 Å². The third kappa shape index (κ3) is 5.69. The van der Waals surface area contributed by atoms with E-state index in [1.165, 1.54) is 0 Å². The first kappa shape index (κ1) is 16.6. The van der Waals surface area contributed by atoms with Gasteiger partial charge in [-0.15, -0.1) is 0 Å². The molecule has 112 valence electrons. The van der Waals surface area contributed by atoms with Crippen LogP contribution in [0.25, 0.3) is 0 Å². The molecule has 5 heteroatoms. The number of carbonyl (C=O) groups is 1. The van der Waals surface area contributed by atoms with E-state index in [1.54, 1.807) is 0 Å². The molecule has 0 saturated carbocycles. The highest BCUT2D eigenvalue weighted by molar-refractivity contribution is 5.82. The highest BCUT2D eigenvalue weighted by Gasteiger charge is 2.16. The lowest BCUT2D eigenvalue weighted by molar-refractivity contribution is -0.122. The highest BCUT2D eigenvalue weighted by atomic mass is 16.2. The van der Waals surface area contributed by atoms with Gasteiger partial charge in [0.05, 0.1) is 0 Å². The Morgan fingerprint density at radius 2 is 1.95 bits per heavy atom. The van der Waals surface area contributed by atoms with Gasteiger partial charge in [0, 0.05) is 12.6 Å². The maximum Gasteiger partial charge on any atom is 0.241 e. The van der Waals surface area contributed by atoms with E-state index in [2.05, 4.69) is 16.0 Å². The predicted octanol–water partition coefficient (Wildman–Crippen LogP) is 0.390. The number of hydrogen-bond acceptors (Lipinski definition) is 4. The maximum atomic E-state index is 12.0. The molecule has 0 unspecified atom stereocenters. The summed E-state index contributed by atoms with van der Waals surface area (Å²) in [6, 6.07) is 9.08. The van der Waals surface area contributed by atoms with Crippen LogP contribution in [0.5, 0.6) is 0 Å². The lowest BCUT2D eigenvalue weighted by Gasteiger charge is -2.19. The van der Waals surface area contributed by atoms with Gasteiger partial charge in [-0.3, -0.25) is 4.79 Å². The van der Waals surface area contributed by atoms with Crippen molar-refractivity contribution >= 4 is 5.91 Å². The van der Waals surface area contributed by atoms with Crippen LogP contribution in [0.3, 0.4) is 0 Å². The number of likely N-dealkylation sites (N-methyl/N-ethyl adjacent to an activating group) is 1. The molecule has 5 nitrogen and oxygen atoms in total. The minimum Gasteiger partial charge on any atom is -0.353 e. The summed E-state index contributed by atoms with van der Waals surface area (Å²) in [5, 5.41) is 9.24. The van der Waals surface area contributed by atoms with E-state index in [9.17, 15) is 4.79 Å². The molecule has 0 saturated heterocycles. The largest absolute Gasteiger partial charge is 0.353 e.